The Morgan fingerprint density at radius 2 is 1.69 bits per heavy atom. The Kier molecular flexibility index (Phi) is 6.57. The third kappa shape index (κ3) is 5.22. The first kappa shape index (κ1) is 19.2. The van der Waals surface area contributed by atoms with Crippen molar-refractivity contribution in [3.8, 4) is 5.75 Å². The number of amides is 1. The normalized spacial score (nSPS) is 19.6. The molecule has 0 bridgehead atoms. The number of piperidine rings is 1. The SMILES string of the molecule is O=C(CCS(=O)(=O)C1CCCC1)N1CCC(COc2ccccc2)CC1. The number of carbonyl (C=O) groups excluding carboxylic acids is 1. The van der Waals surface area contributed by atoms with Crippen molar-refractivity contribution in [3.63, 3.8) is 0 Å². The molecule has 0 N–H and O–H groups in total. The summed E-state index contributed by atoms with van der Waals surface area (Å²) in [6.07, 6.45) is 5.48. The molecular weight excluding hydrogens is 350 g/mol. The van der Waals surface area contributed by atoms with E-state index in [0.717, 1.165) is 44.3 Å². The molecule has 1 saturated heterocycles. The van der Waals surface area contributed by atoms with Gasteiger partial charge in [-0.1, -0.05) is 31.0 Å². The van der Waals surface area contributed by atoms with Crippen molar-refractivity contribution in [3.05, 3.63) is 30.3 Å². The number of carbonyl (C=O) groups is 1. The van der Waals surface area contributed by atoms with Gasteiger partial charge in [0.15, 0.2) is 9.84 Å². The monoisotopic (exact) mass is 379 g/mol. The van der Waals surface area contributed by atoms with Crippen LogP contribution in [0.1, 0.15) is 44.9 Å². The molecule has 26 heavy (non-hydrogen) atoms. The Hall–Kier alpha value is -1.56. The molecule has 0 spiro atoms. The van der Waals surface area contributed by atoms with Crippen LogP contribution in [0.3, 0.4) is 0 Å². The number of ether oxygens (including phenoxy) is 1. The lowest BCUT2D eigenvalue weighted by Gasteiger charge is -2.32. The van der Waals surface area contributed by atoms with Gasteiger partial charge >= 0.3 is 0 Å². The summed E-state index contributed by atoms with van der Waals surface area (Å²) < 4.78 is 30.4. The molecule has 0 radical (unpaired) electrons. The van der Waals surface area contributed by atoms with E-state index >= 15 is 0 Å². The molecule has 1 aromatic rings. The van der Waals surface area contributed by atoms with E-state index in [-0.39, 0.29) is 23.3 Å². The van der Waals surface area contributed by atoms with Crippen LogP contribution >= 0.6 is 0 Å². The third-order valence-electron chi connectivity index (χ3n) is 5.61. The quantitative estimate of drug-likeness (QED) is 0.730. The van der Waals surface area contributed by atoms with Gasteiger partial charge in [0.1, 0.15) is 5.75 Å². The van der Waals surface area contributed by atoms with Gasteiger partial charge in [0, 0.05) is 19.5 Å². The fourth-order valence-electron chi connectivity index (χ4n) is 3.88. The average Bonchev–Trinajstić information content (AvgIpc) is 3.22. The fourth-order valence-corrected chi connectivity index (χ4v) is 5.73. The second kappa shape index (κ2) is 8.89. The first-order valence-corrected chi connectivity index (χ1v) is 11.4. The molecule has 1 saturated carbocycles. The van der Waals surface area contributed by atoms with Gasteiger partial charge in [-0.25, -0.2) is 8.42 Å². The van der Waals surface area contributed by atoms with E-state index in [1.807, 2.05) is 35.2 Å². The number of benzene rings is 1. The lowest BCUT2D eigenvalue weighted by atomic mass is 9.97. The largest absolute Gasteiger partial charge is 0.493 e. The van der Waals surface area contributed by atoms with Crippen LogP contribution in [-0.4, -0.2) is 49.9 Å². The lowest BCUT2D eigenvalue weighted by molar-refractivity contribution is -0.132. The summed E-state index contributed by atoms with van der Waals surface area (Å²) in [7, 11) is -3.11. The number of hydrogen-bond donors (Lipinski definition) is 0. The van der Waals surface area contributed by atoms with Crippen molar-refractivity contribution in [2.75, 3.05) is 25.4 Å². The Balaban J connectivity index is 1.38. The van der Waals surface area contributed by atoms with Gasteiger partial charge in [-0.2, -0.15) is 0 Å². The highest BCUT2D eigenvalue weighted by molar-refractivity contribution is 7.92. The highest BCUT2D eigenvalue weighted by Crippen LogP contribution is 2.26. The predicted molar refractivity (Wildman–Crippen MR) is 102 cm³/mol. The van der Waals surface area contributed by atoms with Crippen molar-refractivity contribution in [1.29, 1.82) is 0 Å². The molecular formula is C20H29NO4S. The molecule has 1 aromatic carbocycles. The van der Waals surface area contributed by atoms with Gasteiger partial charge in [-0.05, 0) is 43.7 Å². The highest BCUT2D eigenvalue weighted by atomic mass is 32.2. The summed E-state index contributed by atoms with van der Waals surface area (Å²) in [6.45, 7) is 2.07. The summed E-state index contributed by atoms with van der Waals surface area (Å²) in [5.41, 5.74) is 0. The van der Waals surface area contributed by atoms with Crippen LogP contribution in [0.4, 0.5) is 0 Å². The molecule has 3 rings (SSSR count). The molecule has 2 aliphatic rings. The van der Waals surface area contributed by atoms with Crippen molar-refractivity contribution in [2.24, 2.45) is 5.92 Å². The first-order valence-electron chi connectivity index (χ1n) is 9.72. The zero-order valence-corrected chi connectivity index (χ0v) is 16.1. The molecule has 5 nitrogen and oxygen atoms in total. The van der Waals surface area contributed by atoms with Crippen molar-refractivity contribution >= 4 is 15.7 Å². The van der Waals surface area contributed by atoms with Crippen LogP contribution in [0.25, 0.3) is 0 Å². The zero-order valence-electron chi connectivity index (χ0n) is 15.3. The maximum atomic E-state index is 12.4. The van der Waals surface area contributed by atoms with Crippen molar-refractivity contribution in [1.82, 2.24) is 4.90 Å². The van der Waals surface area contributed by atoms with Crippen molar-refractivity contribution in [2.45, 2.75) is 50.2 Å². The third-order valence-corrected chi connectivity index (χ3v) is 7.87. The van der Waals surface area contributed by atoms with Crippen LogP contribution in [0, 0.1) is 5.92 Å². The Bertz CT molecular complexity index is 675. The standard InChI is InChI=1S/C20H29NO4S/c22-20(12-15-26(23,24)19-8-4-5-9-19)21-13-10-17(11-14-21)16-25-18-6-2-1-3-7-18/h1-3,6-7,17,19H,4-5,8-16H2. The second-order valence-corrected chi connectivity index (χ2v) is 9.87. The smallest absolute Gasteiger partial charge is 0.223 e. The zero-order chi connectivity index (χ0) is 18.4. The minimum absolute atomic E-state index is 0.00749. The Morgan fingerprint density at radius 3 is 2.35 bits per heavy atom. The van der Waals surface area contributed by atoms with Crippen molar-refractivity contribution < 1.29 is 17.9 Å². The maximum absolute atomic E-state index is 12.4. The molecule has 0 aromatic heterocycles. The van der Waals surface area contributed by atoms with E-state index in [0.29, 0.717) is 25.6 Å². The summed E-state index contributed by atoms with van der Waals surface area (Å²) in [6, 6.07) is 9.77. The number of rotatable bonds is 7. The van der Waals surface area contributed by atoms with Gasteiger partial charge in [-0.15, -0.1) is 0 Å². The molecule has 0 unspecified atom stereocenters. The summed E-state index contributed by atoms with van der Waals surface area (Å²) in [5.74, 6) is 1.31. The highest BCUT2D eigenvalue weighted by Gasteiger charge is 2.30. The Labute approximate surface area is 156 Å². The number of para-hydroxylation sites is 1. The van der Waals surface area contributed by atoms with E-state index in [4.69, 9.17) is 4.74 Å². The average molecular weight is 380 g/mol. The molecule has 2 fully saturated rings. The van der Waals surface area contributed by atoms with E-state index < -0.39 is 9.84 Å². The summed E-state index contributed by atoms with van der Waals surface area (Å²) in [5, 5.41) is -0.212. The molecule has 0 atom stereocenters. The van der Waals surface area contributed by atoms with Gasteiger partial charge in [0.25, 0.3) is 0 Å². The van der Waals surface area contributed by atoms with Crippen LogP contribution in [0.2, 0.25) is 0 Å². The van der Waals surface area contributed by atoms with E-state index in [9.17, 15) is 13.2 Å². The van der Waals surface area contributed by atoms with E-state index in [2.05, 4.69) is 0 Å². The van der Waals surface area contributed by atoms with E-state index in [1.54, 1.807) is 0 Å². The number of nitrogens with zero attached hydrogens (tertiary/aromatic N) is 1. The molecule has 6 heteroatoms. The van der Waals surface area contributed by atoms with Crippen LogP contribution in [0.15, 0.2) is 30.3 Å². The number of likely N-dealkylation sites (tertiary alicyclic amines) is 1. The van der Waals surface area contributed by atoms with Crippen LogP contribution in [0.5, 0.6) is 5.75 Å². The summed E-state index contributed by atoms with van der Waals surface area (Å²) in [4.78, 5) is 14.2. The molecule has 1 amide bonds. The van der Waals surface area contributed by atoms with Crippen LogP contribution < -0.4 is 4.74 Å². The lowest BCUT2D eigenvalue weighted by Crippen LogP contribution is -2.40. The minimum Gasteiger partial charge on any atom is -0.493 e. The number of hydrogen-bond acceptors (Lipinski definition) is 4. The van der Waals surface area contributed by atoms with Gasteiger partial charge in [0.2, 0.25) is 5.91 Å². The van der Waals surface area contributed by atoms with Gasteiger partial charge in [0.05, 0.1) is 17.6 Å². The molecule has 144 valence electrons. The topological polar surface area (TPSA) is 63.7 Å². The van der Waals surface area contributed by atoms with Crippen LogP contribution in [-0.2, 0) is 14.6 Å². The first-order chi connectivity index (χ1) is 12.5. The van der Waals surface area contributed by atoms with Gasteiger partial charge < -0.3 is 9.64 Å². The Morgan fingerprint density at radius 1 is 1.04 bits per heavy atom. The van der Waals surface area contributed by atoms with Gasteiger partial charge in [-0.3, -0.25) is 4.79 Å². The number of sulfone groups is 1. The fraction of sp³-hybridized carbons (Fsp3) is 0.650. The molecule has 1 aliphatic heterocycles. The predicted octanol–water partition coefficient (Wildman–Crippen LogP) is 3.05. The van der Waals surface area contributed by atoms with E-state index in [1.165, 1.54) is 0 Å². The molecule has 1 heterocycles. The maximum Gasteiger partial charge on any atom is 0.223 e. The molecule has 1 aliphatic carbocycles. The second-order valence-electron chi connectivity index (χ2n) is 7.47. The summed E-state index contributed by atoms with van der Waals surface area (Å²) >= 11 is 0. The minimum atomic E-state index is -3.11.